The van der Waals surface area contributed by atoms with E-state index in [0.717, 1.165) is 31.2 Å². The van der Waals surface area contributed by atoms with Gasteiger partial charge in [0.15, 0.2) is 0 Å². The molecule has 5 rings (SSSR count). The summed E-state index contributed by atoms with van der Waals surface area (Å²) in [7, 11) is -3.47. The molecule has 0 N–H and O–H groups in total. The number of hydrogen-bond donors (Lipinski definition) is 0. The normalized spacial score (nSPS) is 30.2. The van der Waals surface area contributed by atoms with Crippen LogP contribution in [0.1, 0.15) is 36.8 Å². The largest absolute Gasteiger partial charge is 0.243 e. The maximum absolute atomic E-state index is 13.5. The van der Waals surface area contributed by atoms with E-state index in [-0.39, 0.29) is 5.54 Å². The van der Waals surface area contributed by atoms with Crippen molar-refractivity contribution in [2.75, 3.05) is 6.54 Å². The van der Waals surface area contributed by atoms with Crippen LogP contribution in [0.5, 0.6) is 0 Å². The van der Waals surface area contributed by atoms with Crippen LogP contribution < -0.4 is 0 Å². The van der Waals surface area contributed by atoms with E-state index in [2.05, 4.69) is 30.3 Å². The maximum Gasteiger partial charge on any atom is 0.243 e. The molecule has 0 unspecified atom stereocenters. The molecule has 2 aromatic carbocycles. The first-order valence-electron chi connectivity index (χ1n) is 9.88. The van der Waals surface area contributed by atoms with Crippen LogP contribution in [0.4, 0.5) is 0 Å². The first-order valence-corrected chi connectivity index (χ1v) is 11.3. The van der Waals surface area contributed by atoms with Crippen LogP contribution in [0.25, 0.3) is 5.57 Å². The Morgan fingerprint density at radius 2 is 1.78 bits per heavy atom. The van der Waals surface area contributed by atoms with Crippen molar-refractivity contribution in [1.29, 1.82) is 0 Å². The number of sulfonamides is 1. The molecule has 140 valence electrons. The third kappa shape index (κ3) is 2.39. The Hall–Kier alpha value is -1.91. The van der Waals surface area contributed by atoms with E-state index >= 15 is 0 Å². The number of hydrogen-bond acceptors (Lipinski definition) is 2. The van der Waals surface area contributed by atoms with Crippen LogP contribution in [-0.2, 0) is 10.0 Å². The van der Waals surface area contributed by atoms with Gasteiger partial charge in [0.1, 0.15) is 0 Å². The minimum atomic E-state index is -3.47. The van der Waals surface area contributed by atoms with E-state index in [4.69, 9.17) is 0 Å². The fraction of sp³-hybridized carbons (Fsp3) is 0.391. The standard InChI is InChI=1S/C23H25NO2S/c1-17-9-11-20(12-10-17)27(25,26)24-15-13-19-16-22-21(8-5-14-23(19,22)24)18-6-3-2-4-7-18/h2-4,6-12,19,22H,5,13-16H2,1H3/t19-,22+,23-/m0/s1. The molecule has 3 atom stereocenters. The highest BCUT2D eigenvalue weighted by Gasteiger charge is 2.65. The fourth-order valence-corrected chi connectivity index (χ4v) is 7.57. The second-order valence-corrected chi connectivity index (χ2v) is 10.1. The summed E-state index contributed by atoms with van der Waals surface area (Å²) in [5, 5.41) is 0. The predicted octanol–water partition coefficient (Wildman–Crippen LogP) is 4.64. The summed E-state index contributed by atoms with van der Waals surface area (Å²) in [6.07, 6.45) is 6.35. The lowest BCUT2D eigenvalue weighted by Gasteiger charge is -2.58. The van der Waals surface area contributed by atoms with Gasteiger partial charge in [-0.05, 0) is 61.8 Å². The highest BCUT2D eigenvalue weighted by Crippen LogP contribution is 2.63. The van der Waals surface area contributed by atoms with E-state index in [1.807, 2.05) is 29.4 Å². The average molecular weight is 380 g/mol. The van der Waals surface area contributed by atoms with Gasteiger partial charge in [0.2, 0.25) is 10.0 Å². The molecule has 2 fully saturated rings. The molecule has 0 aromatic heterocycles. The van der Waals surface area contributed by atoms with Crippen LogP contribution in [0.3, 0.4) is 0 Å². The molecule has 1 heterocycles. The lowest BCUT2D eigenvalue weighted by atomic mass is 9.52. The Balaban J connectivity index is 1.55. The minimum Gasteiger partial charge on any atom is -0.207 e. The van der Waals surface area contributed by atoms with Gasteiger partial charge in [-0.2, -0.15) is 4.31 Å². The number of nitrogens with zero attached hydrogens (tertiary/aromatic N) is 1. The lowest BCUT2D eigenvalue weighted by Crippen LogP contribution is -2.63. The Kier molecular flexibility index (Phi) is 3.85. The van der Waals surface area contributed by atoms with Crippen molar-refractivity contribution >= 4 is 15.6 Å². The Morgan fingerprint density at radius 3 is 2.52 bits per heavy atom. The molecule has 0 amide bonds. The van der Waals surface area contributed by atoms with Crippen LogP contribution in [0.15, 0.2) is 65.6 Å². The van der Waals surface area contributed by atoms with Gasteiger partial charge in [-0.15, -0.1) is 0 Å². The summed E-state index contributed by atoms with van der Waals surface area (Å²) >= 11 is 0. The fourth-order valence-electron chi connectivity index (χ4n) is 5.67. The molecule has 1 saturated heterocycles. The molecule has 0 radical (unpaired) electrons. The third-order valence-corrected chi connectivity index (χ3v) is 8.95. The Labute approximate surface area is 161 Å². The average Bonchev–Trinajstić information content (AvgIpc) is 2.92. The quantitative estimate of drug-likeness (QED) is 0.779. The van der Waals surface area contributed by atoms with Crippen LogP contribution in [0, 0.1) is 18.8 Å². The van der Waals surface area contributed by atoms with Gasteiger partial charge in [0.05, 0.1) is 4.90 Å². The van der Waals surface area contributed by atoms with Crippen molar-refractivity contribution < 1.29 is 8.42 Å². The van der Waals surface area contributed by atoms with Crippen LogP contribution in [0.2, 0.25) is 0 Å². The molecule has 0 bridgehead atoms. The SMILES string of the molecule is Cc1ccc(S(=O)(=O)N2CC[C@H]3C[C@@H]4C(c5ccccc5)=CCC[C@]342)cc1. The van der Waals surface area contributed by atoms with E-state index in [1.54, 1.807) is 12.1 Å². The van der Waals surface area contributed by atoms with Gasteiger partial charge in [-0.25, -0.2) is 8.42 Å². The summed E-state index contributed by atoms with van der Waals surface area (Å²) in [4.78, 5) is 0.435. The second kappa shape index (κ2) is 6.05. The number of rotatable bonds is 3. The van der Waals surface area contributed by atoms with Gasteiger partial charge in [0, 0.05) is 18.0 Å². The van der Waals surface area contributed by atoms with Crippen molar-refractivity contribution in [3.63, 3.8) is 0 Å². The minimum absolute atomic E-state index is 0.219. The third-order valence-electron chi connectivity index (χ3n) is 6.98. The van der Waals surface area contributed by atoms with E-state index in [0.29, 0.717) is 23.3 Å². The molecule has 3 nitrogen and oxygen atoms in total. The molecule has 2 aliphatic carbocycles. The lowest BCUT2D eigenvalue weighted by molar-refractivity contribution is 0.0124. The van der Waals surface area contributed by atoms with Crippen LogP contribution >= 0.6 is 0 Å². The van der Waals surface area contributed by atoms with Gasteiger partial charge < -0.3 is 0 Å². The maximum atomic E-state index is 13.5. The topological polar surface area (TPSA) is 37.4 Å². The zero-order chi connectivity index (χ0) is 18.6. The van der Waals surface area contributed by atoms with E-state index in [1.165, 1.54) is 11.1 Å². The molecule has 4 heteroatoms. The molecule has 1 spiro atoms. The van der Waals surface area contributed by atoms with Gasteiger partial charge in [-0.1, -0.05) is 54.1 Å². The number of aryl methyl sites for hydroxylation is 1. The van der Waals surface area contributed by atoms with E-state index in [9.17, 15) is 8.42 Å². The molecule has 27 heavy (non-hydrogen) atoms. The molecular weight excluding hydrogens is 354 g/mol. The zero-order valence-electron chi connectivity index (χ0n) is 15.6. The Bertz CT molecular complexity index is 994. The molecule has 1 saturated carbocycles. The summed E-state index contributed by atoms with van der Waals surface area (Å²) < 4.78 is 28.9. The Morgan fingerprint density at radius 1 is 1.04 bits per heavy atom. The molecule has 1 aliphatic heterocycles. The summed E-state index contributed by atoms with van der Waals surface area (Å²) in [6, 6.07) is 17.8. The molecule has 3 aliphatic rings. The number of allylic oxidation sites excluding steroid dienone is 1. The van der Waals surface area contributed by atoms with Crippen molar-refractivity contribution in [1.82, 2.24) is 4.31 Å². The molecule has 2 aromatic rings. The predicted molar refractivity (Wildman–Crippen MR) is 108 cm³/mol. The first-order chi connectivity index (χ1) is 13.0. The van der Waals surface area contributed by atoms with Gasteiger partial charge >= 0.3 is 0 Å². The van der Waals surface area contributed by atoms with Crippen molar-refractivity contribution in [3.05, 3.63) is 71.8 Å². The summed E-state index contributed by atoms with van der Waals surface area (Å²) in [5.74, 6) is 0.816. The van der Waals surface area contributed by atoms with Gasteiger partial charge in [0.25, 0.3) is 0 Å². The smallest absolute Gasteiger partial charge is 0.207 e. The monoisotopic (exact) mass is 379 g/mol. The highest BCUT2D eigenvalue weighted by molar-refractivity contribution is 7.89. The summed E-state index contributed by atoms with van der Waals surface area (Å²) in [5.41, 5.74) is 3.47. The second-order valence-electron chi connectivity index (χ2n) is 8.22. The van der Waals surface area contributed by atoms with Crippen molar-refractivity contribution in [2.45, 2.75) is 43.0 Å². The number of benzene rings is 2. The van der Waals surface area contributed by atoms with Crippen molar-refractivity contribution in [2.24, 2.45) is 11.8 Å². The van der Waals surface area contributed by atoms with E-state index < -0.39 is 10.0 Å². The van der Waals surface area contributed by atoms with Crippen LogP contribution in [-0.4, -0.2) is 24.8 Å². The molecular formula is C23H25NO2S. The zero-order valence-corrected chi connectivity index (χ0v) is 16.5. The van der Waals surface area contributed by atoms with Gasteiger partial charge in [-0.3, -0.25) is 0 Å². The summed E-state index contributed by atoms with van der Waals surface area (Å²) in [6.45, 7) is 2.64. The first kappa shape index (κ1) is 17.2. The van der Waals surface area contributed by atoms with Crippen molar-refractivity contribution in [3.8, 4) is 0 Å². The highest BCUT2D eigenvalue weighted by atomic mass is 32.2.